The van der Waals surface area contributed by atoms with Crippen LogP contribution in [-0.2, 0) is 19.9 Å². The number of rotatable bonds is 6. The topological polar surface area (TPSA) is 29.9 Å². The third kappa shape index (κ3) is 3.38. The summed E-state index contributed by atoms with van der Waals surface area (Å²) in [5, 5.41) is 8.27. The molecule has 19 heavy (non-hydrogen) atoms. The van der Waals surface area contributed by atoms with E-state index >= 15 is 0 Å². The summed E-state index contributed by atoms with van der Waals surface area (Å²) in [5.41, 5.74) is 2.63. The Bertz CT molecular complexity index is 397. The van der Waals surface area contributed by atoms with Crippen LogP contribution in [-0.4, -0.2) is 22.4 Å². The van der Waals surface area contributed by atoms with Crippen LogP contribution in [0.3, 0.4) is 0 Å². The average Bonchev–Trinajstić information content (AvgIpc) is 2.93. The van der Waals surface area contributed by atoms with E-state index in [1.807, 2.05) is 0 Å². The molecule has 0 amide bonds. The number of aromatic nitrogens is 2. The first kappa shape index (κ1) is 14.6. The molecule has 2 rings (SSSR count). The Hall–Kier alpha value is -0.830. The monoisotopic (exact) mass is 263 g/mol. The molecule has 1 fully saturated rings. The van der Waals surface area contributed by atoms with Crippen LogP contribution in [0.5, 0.6) is 0 Å². The Morgan fingerprint density at radius 3 is 2.79 bits per heavy atom. The fourth-order valence-electron chi connectivity index (χ4n) is 3.36. The Labute approximate surface area is 117 Å². The fraction of sp³-hybridized carbons (Fsp3) is 0.812. The molecule has 1 saturated carbocycles. The van der Waals surface area contributed by atoms with Crippen LogP contribution < -0.4 is 5.32 Å². The number of nitrogens with zero attached hydrogens (tertiary/aromatic N) is 2. The molecule has 3 unspecified atom stereocenters. The molecule has 0 aliphatic heterocycles. The van der Waals surface area contributed by atoms with E-state index in [4.69, 9.17) is 0 Å². The van der Waals surface area contributed by atoms with Crippen molar-refractivity contribution in [3.63, 3.8) is 0 Å². The molecule has 3 atom stereocenters. The van der Waals surface area contributed by atoms with Gasteiger partial charge in [0.2, 0.25) is 0 Å². The smallest absolute Gasteiger partial charge is 0.0624 e. The van der Waals surface area contributed by atoms with Gasteiger partial charge in [-0.1, -0.05) is 20.8 Å². The lowest BCUT2D eigenvalue weighted by Crippen LogP contribution is -2.33. The molecule has 0 saturated heterocycles. The quantitative estimate of drug-likeness (QED) is 0.855. The standard InChI is InChI=1S/C16H29N3/c1-5-9-17-16-8-7-13(12(16)3)10-15-11-14(6-2)18-19(15)4/h11-13,16-17H,5-10H2,1-4H3. The number of hydrogen-bond acceptors (Lipinski definition) is 2. The zero-order valence-corrected chi connectivity index (χ0v) is 12.9. The van der Waals surface area contributed by atoms with E-state index in [1.54, 1.807) is 0 Å². The average molecular weight is 263 g/mol. The van der Waals surface area contributed by atoms with Crippen molar-refractivity contribution in [3.05, 3.63) is 17.5 Å². The zero-order valence-electron chi connectivity index (χ0n) is 12.9. The van der Waals surface area contributed by atoms with Crippen molar-refractivity contribution in [2.45, 2.75) is 58.9 Å². The van der Waals surface area contributed by atoms with Gasteiger partial charge < -0.3 is 5.32 Å². The molecule has 1 aromatic rings. The Balaban J connectivity index is 1.94. The number of aryl methyl sites for hydroxylation is 2. The van der Waals surface area contributed by atoms with Gasteiger partial charge in [0.05, 0.1) is 5.69 Å². The van der Waals surface area contributed by atoms with Gasteiger partial charge in [-0.2, -0.15) is 5.10 Å². The maximum atomic E-state index is 4.57. The molecule has 0 radical (unpaired) electrons. The van der Waals surface area contributed by atoms with Gasteiger partial charge in [-0.25, -0.2) is 0 Å². The Morgan fingerprint density at radius 2 is 2.16 bits per heavy atom. The largest absolute Gasteiger partial charge is 0.314 e. The molecule has 0 spiro atoms. The van der Waals surface area contributed by atoms with Crippen LogP contribution in [0.4, 0.5) is 0 Å². The number of nitrogens with one attached hydrogen (secondary N) is 1. The second-order valence-electron chi connectivity index (χ2n) is 6.07. The van der Waals surface area contributed by atoms with E-state index in [9.17, 15) is 0 Å². The summed E-state index contributed by atoms with van der Waals surface area (Å²) < 4.78 is 2.08. The Kier molecular flexibility index (Phi) is 5.03. The van der Waals surface area contributed by atoms with Crippen LogP contribution in [0.1, 0.15) is 51.4 Å². The lowest BCUT2D eigenvalue weighted by Gasteiger charge is -2.21. The molecule has 1 aliphatic rings. The van der Waals surface area contributed by atoms with Crippen LogP contribution in [0.2, 0.25) is 0 Å². The normalized spacial score (nSPS) is 27.1. The molecule has 1 heterocycles. The van der Waals surface area contributed by atoms with Gasteiger partial charge in [-0.05, 0) is 56.6 Å². The summed E-state index contributed by atoms with van der Waals surface area (Å²) in [6, 6.07) is 3.02. The second kappa shape index (κ2) is 6.56. The van der Waals surface area contributed by atoms with Gasteiger partial charge in [0, 0.05) is 18.8 Å². The summed E-state index contributed by atoms with van der Waals surface area (Å²) in [5.74, 6) is 1.60. The molecule has 1 N–H and O–H groups in total. The molecule has 3 heteroatoms. The minimum absolute atomic E-state index is 0.726. The highest BCUT2D eigenvalue weighted by molar-refractivity contribution is 5.11. The summed E-state index contributed by atoms with van der Waals surface area (Å²) in [4.78, 5) is 0. The minimum atomic E-state index is 0.726. The van der Waals surface area contributed by atoms with Gasteiger partial charge in [-0.3, -0.25) is 4.68 Å². The first-order valence-electron chi connectivity index (χ1n) is 7.90. The summed E-state index contributed by atoms with van der Waals surface area (Å²) in [6.07, 6.45) is 6.15. The first-order valence-corrected chi connectivity index (χ1v) is 7.90. The van der Waals surface area contributed by atoms with E-state index in [-0.39, 0.29) is 0 Å². The second-order valence-corrected chi connectivity index (χ2v) is 6.07. The highest BCUT2D eigenvalue weighted by Gasteiger charge is 2.32. The third-order valence-corrected chi connectivity index (χ3v) is 4.74. The van der Waals surface area contributed by atoms with Gasteiger partial charge in [0.1, 0.15) is 0 Å². The summed E-state index contributed by atoms with van der Waals surface area (Å²) >= 11 is 0. The van der Waals surface area contributed by atoms with E-state index in [1.165, 1.54) is 37.1 Å². The SMILES string of the molecule is CCCNC1CCC(Cc2cc(CC)nn2C)C1C. The maximum absolute atomic E-state index is 4.57. The van der Waals surface area contributed by atoms with Crippen molar-refractivity contribution in [3.8, 4) is 0 Å². The van der Waals surface area contributed by atoms with Crippen molar-refractivity contribution >= 4 is 0 Å². The predicted molar refractivity (Wildman–Crippen MR) is 80.3 cm³/mol. The highest BCUT2D eigenvalue weighted by atomic mass is 15.3. The molecule has 1 aliphatic carbocycles. The van der Waals surface area contributed by atoms with Gasteiger partial charge in [0.15, 0.2) is 0 Å². The van der Waals surface area contributed by atoms with Gasteiger partial charge in [0.25, 0.3) is 0 Å². The van der Waals surface area contributed by atoms with E-state index in [0.717, 1.165) is 30.8 Å². The van der Waals surface area contributed by atoms with Gasteiger partial charge in [-0.15, -0.1) is 0 Å². The van der Waals surface area contributed by atoms with Crippen LogP contribution in [0.15, 0.2) is 6.07 Å². The van der Waals surface area contributed by atoms with Crippen molar-refractivity contribution in [1.29, 1.82) is 0 Å². The van der Waals surface area contributed by atoms with Gasteiger partial charge >= 0.3 is 0 Å². The van der Waals surface area contributed by atoms with Crippen molar-refractivity contribution in [2.75, 3.05) is 6.54 Å². The van der Waals surface area contributed by atoms with Crippen molar-refractivity contribution in [2.24, 2.45) is 18.9 Å². The summed E-state index contributed by atoms with van der Waals surface area (Å²) in [7, 11) is 2.08. The molecule has 0 bridgehead atoms. The van der Waals surface area contributed by atoms with Crippen LogP contribution in [0, 0.1) is 11.8 Å². The number of hydrogen-bond donors (Lipinski definition) is 1. The molecule has 3 nitrogen and oxygen atoms in total. The predicted octanol–water partition coefficient (Wildman–Crippen LogP) is 2.94. The molecule has 108 valence electrons. The lowest BCUT2D eigenvalue weighted by atomic mass is 9.91. The maximum Gasteiger partial charge on any atom is 0.0624 e. The molecule has 1 aromatic heterocycles. The molecule has 0 aromatic carbocycles. The van der Waals surface area contributed by atoms with Crippen molar-refractivity contribution in [1.82, 2.24) is 15.1 Å². The Morgan fingerprint density at radius 1 is 1.37 bits per heavy atom. The van der Waals surface area contributed by atoms with E-state index in [2.05, 4.69) is 49.0 Å². The molecular formula is C16H29N3. The molecular weight excluding hydrogens is 234 g/mol. The van der Waals surface area contributed by atoms with Crippen LogP contribution in [0.25, 0.3) is 0 Å². The lowest BCUT2D eigenvalue weighted by molar-refractivity contribution is 0.347. The van der Waals surface area contributed by atoms with Crippen molar-refractivity contribution < 1.29 is 0 Å². The highest BCUT2D eigenvalue weighted by Crippen LogP contribution is 2.34. The summed E-state index contributed by atoms with van der Waals surface area (Å²) in [6.45, 7) is 8.00. The fourth-order valence-corrected chi connectivity index (χ4v) is 3.36. The minimum Gasteiger partial charge on any atom is -0.314 e. The van der Waals surface area contributed by atoms with Crippen LogP contribution >= 0.6 is 0 Å². The zero-order chi connectivity index (χ0) is 13.8. The first-order chi connectivity index (χ1) is 9.15. The third-order valence-electron chi connectivity index (χ3n) is 4.74. The van der Waals surface area contributed by atoms with E-state index in [0.29, 0.717) is 0 Å². The van der Waals surface area contributed by atoms with E-state index < -0.39 is 0 Å².